The molecule has 0 aromatic heterocycles. The van der Waals surface area contributed by atoms with Gasteiger partial charge in [0.25, 0.3) is 0 Å². The van der Waals surface area contributed by atoms with Gasteiger partial charge in [0.1, 0.15) is 0 Å². The minimum atomic E-state index is -0.178. The highest BCUT2D eigenvalue weighted by Gasteiger charge is 2.13. The minimum absolute atomic E-state index is 0.0616. The maximum Gasteiger partial charge on any atom is 0.221 e. The Bertz CT molecular complexity index is 596. The fourth-order valence-corrected chi connectivity index (χ4v) is 2.37. The summed E-state index contributed by atoms with van der Waals surface area (Å²) in [6.45, 7) is 0. The Morgan fingerprint density at radius 1 is 0.947 bits per heavy atom. The molecule has 0 fully saturated rings. The van der Waals surface area contributed by atoms with Crippen LogP contribution in [0.25, 0.3) is 0 Å². The Kier molecular flexibility index (Phi) is 4.36. The van der Waals surface area contributed by atoms with E-state index in [9.17, 15) is 9.59 Å². The lowest BCUT2D eigenvalue weighted by Gasteiger charge is -2.03. The minimum Gasteiger partial charge on any atom is -0.398 e. The van der Waals surface area contributed by atoms with Crippen molar-refractivity contribution in [1.82, 2.24) is 0 Å². The summed E-state index contributed by atoms with van der Waals surface area (Å²) in [5, 5.41) is -0.178. The maximum atomic E-state index is 11.9. The molecule has 19 heavy (non-hydrogen) atoms. The van der Waals surface area contributed by atoms with Crippen molar-refractivity contribution in [2.75, 3.05) is 11.5 Å². The Morgan fingerprint density at radius 2 is 1.58 bits per heavy atom. The number of para-hydroxylation sites is 1. The molecule has 2 aromatic rings. The highest BCUT2D eigenvalue weighted by atomic mass is 32.2. The molecule has 0 aliphatic carbocycles. The molecular weight excluding hydrogens is 258 g/mol. The molecule has 0 radical (unpaired) electrons. The molecule has 0 aliphatic rings. The van der Waals surface area contributed by atoms with Gasteiger partial charge in [-0.2, -0.15) is 0 Å². The van der Waals surface area contributed by atoms with E-state index in [-0.39, 0.29) is 16.7 Å². The molecule has 0 saturated heterocycles. The molecular formula is C15H13NO2S. The lowest BCUT2D eigenvalue weighted by molar-refractivity contribution is 0.101. The van der Waals surface area contributed by atoms with Crippen molar-refractivity contribution < 1.29 is 9.59 Å². The van der Waals surface area contributed by atoms with E-state index in [1.165, 1.54) is 0 Å². The fraction of sp³-hybridized carbons (Fsp3) is 0.0667. The largest absolute Gasteiger partial charge is 0.398 e. The molecule has 2 rings (SSSR count). The first-order valence-electron chi connectivity index (χ1n) is 5.78. The van der Waals surface area contributed by atoms with Crippen LogP contribution in [0.2, 0.25) is 0 Å². The predicted molar refractivity (Wildman–Crippen MR) is 78.4 cm³/mol. The zero-order valence-electron chi connectivity index (χ0n) is 10.2. The number of Topliss-reactive ketones (excluding diaryl/α,β-unsaturated/α-hetero) is 1. The number of benzene rings is 2. The number of nitrogens with two attached hydrogens (primary N) is 1. The van der Waals surface area contributed by atoms with Crippen molar-refractivity contribution in [2.24, 2.45) is 0 Å². The van der Waals surface area contributed by atoms with Gasteiger partial charge < -0.3 is 5.73 Å². The monoisotopic (exact) mass is 271 g/mol. The van der Waals surface area contributed by atoms with Crippen molar-refractivity contribution in [2.45, 2.75) is 0 Å². The summed E-state index contributed by atoms with van der Waals surface area (Å²) in [6.07, 6.45) is 0. The Balaban J connectivity index is 1.98. The molecule has 2 aromatic carbocycles. The van der Waals surface area contributed by atoms with Crippen molar-refractivity contribution in [3.8, 4) is 0 Å². The molecule has 0 heterocycles. The SMILES string of the molecule is Nc1ccccc1C(=O)SCC(=O)c1ccccc1. The van der Waals surface area contributed by atoms with E-state index in [4.69, 9.17) is 5.73 Å². The summed E-state index contributed by atoms with van der Waals surface area (Å²) in [5.41, 5.74) is 7.22. The molecule has 3 nitrogen and oxygen atoms in total. The molecule has 0 saturated carbocycles. The predicted octanol–water partition coefficient (Wildman–Crippen LogP) is 3.03. The Labute approximate surface area is 115 Å². The van der Waals surface area contributed by atoms with Crippen LogP contribution < -0.4 is 5.73 Å². The number of hydrogen-bond acceptors (Lipinski definition) is 4. The van der Waals surface area contributed by atoms with Crippen LogP contribution in [0, 0.1) is 0 Å². The standard InChI is InChI=1S/C15H13NO2S/c16-13-9-5-4-8-12(13)15(18)19-10-14(17)11-6-2-1-3-7-11/h1-9H,10,16H2. The first-order valence-corrected chi connectivity index (χ1v) is 6.77. The van der Waals surface area contributed by atoms with Crippen molar-refractivity contribution in [3.05, 3.63) is 65.7 Å². The topological polar surface area (TPSA) is 60.2 Å². The number of nitrogen functional groups attached to an aromatic ring is 1. The first-order chi connectivity index (χ1) is 9.18. The van der Waals surface area contributed by atoms with Gasteiger partial charge in [0.2, 0.25) is 5.12 Å². The van der Waals surface area contributed by atoms with Gasteiger partial charge in [0.15, 0.2) is 5.78 Å². The second kappa shape index (κ2) is 6.20. The van der Waals surface area contributed by atoms with E-state index < -0.39 is 0 Å². The van der Waals surface area contributed by atoms with Gasteiger partial charge in [0.05, 0.1) is 11.3 Å². The number of thioether (sulfide) groups is 1. The lowest BCUT2D eigenvalue weighted by Crippen LogP contribution is -2.06. The third kappa shape index (κ3) is 3.45. The Hall–Kier alpha value is -2.07. The van der Waals surface area contributed by atoms with E-state index in [0.717, 1.165) is 11.8 Å². The van der Waals surface area contributed by atoms with Crippen LogP contribution in [-0.4, -0.2) is 16.7 Å². The molecule has 0 atom stereocenters. The van der Waals surface area contributed by atoms with Crippen molar-refractivity contribution >= 4 is 28.3 Å². The summed E-state index contributed by atoms with van der Waals surface area (Å²) in [7, 11) is 0. The van der Waals surface area contributed by atoms with E-state index in [0.29, 0.717) is 16.8 Å². The molecule has 0 amide bonds. The summed E-state index contributed by atoms with van der Waals surface area (Å²) in [6, 6.07) is 15.8. The highest BCUT2D eigenvalue weighted by Crippen LogP contribution is 2.19. The van der Waals surface area contributed by atoms with Gasteiger partial charge in [0, 0.05) is 11.3 Å². The number of rotatable bonds is 4. The number of hydrogen-bond donors (Lipinski definition) is 1. The van der Waals surface area contributed by atoms with Gasteiger partial charge in [-0.1, -0.05) is 54.2 Å². The maximum absolute atomic E-state index is 11.9. The van der Waals surface area contributed by atoms with Crippen LogP contribution in [0.4, 0.5) is 5.69 Å². The Morgan fingerprint density at radius 3 is 2.26 bits per heavy atom. The lowest BCUT2D eigenvalue weighted by atomic mass is 10.2. The van der Waals surface area contributed by atoms with Crippen LogP contribution >= 0.6 is 11.8 Å². The van der Waals surface area contributed by atoms with E-state index in [2.05, 4.69) is 0 Å². The molecule has 0 aliphatic heterocycles. The normalized spacial score (nSPS) is 10.1. The van der Waals surface area contributed by atoms with Gasteiger partial charge in [-0.25, -0.2) is 0 Å². The molecule has 96 valence electrons. The van der Waals surface area contributed by atoms with Crippen molar-refractivity contribution in [3.63, 3.8) is 0 Å². The zero-order valence-corrected chi connectivity index (χ0v) is 11.0. The van der Waals surface area contributed by atoms with Gasteiger partial charge in [-0.15, -0.1) is 0 Å². The van der Waals surface area contributed by atoms with E-state index >= 15 is 0 Å². The third-order valence-electron chi connectivity index (χ3n) is 2.61. The summed E-state index contributed by atoms with van der Waals surface area (Å²) < 4.78 is 0. The van der Waals surface area contributed by atoms with E-state index in [1.807, 2.05) is 6.07 Å². The zero-order chi connectivity index (χ0) is 13.7. The average molecular weight is 271 g/mol. The number of carbonyl (C=O) groups excluding carboxylic acids is 2. The van der Waals surface area contributed by atoms with Crippen LogP contribution in [0.1, 0.15) is 20.7 Å². The van der Waals surface area contributed by atoms with Crippen LogP contribution in [0.15, 0.2) is 54.6 Å². The smallest absolute Gasteiger partial charge is 0.221 e. The number of anilines is 1. The van der Waals surface area contributed by atoms with Gasteiger partial charge in [-0.05, 0) is 12.1 Å². The number of ketones is 1. The van der Waals surface area contributed by atoms with E-state index in [1.54, 1.807) is 48.5 Å². The molecule has 0 unspecified atom stereocenters. The highest BCUT2D eigenvalue weighted by molar-refractivity contribution is 8.14. The average Bonchev–Trinajstić information content (AvgIpc) is 2.46. The molecule has 4 heteroatoms. The molecule has 0 spiro atoms. The van der Waals surface area contributed by atoms with Crippen LogP contribution in [0.3, 0.4) is 0 Å². The summed E-state index contributed by atoms with van der Waals surface area (Å²) in [5.74, 6) is 0.0606. The second-order valence-corrected chi connectivity index (χ2v) is 4.90. The summed E-state index contributed by atoms with van der Waals surface area (Å²) >= 11 is 0.978. The van der Waals surface area contributed by atoms with Gasteiger partial charge in [-0.3, -0.25) is 9.59 Å². The molecule has 2 N–H and O–H groups in total. The first kappa shape index (κ1) is 13.4. The van der Waals surface area contributed by atoms with Crippen molar-refractivity contribution in [1.29, 1.82) is 0 Å². The second-order valence-electron chi connectivity index (χ2n) is 3.95. The van der Waals surface area contributed by atoms with Crippen LogP contribution in [-0.2, 0) is 0 Å². The fourth-order valence-electron chi connectivity index (χ4n) is 1.60. The summed E-state index contributed by atoms with van der Waals surface area (Å²) in [4.78, 5) is 23.8. The molecule has 0 bridgehead atoms. The number of carbonyl (C=O) groups is 2. The van der Waals surface area contributed by atoms with Crippen LogP contribution in [0.5, 0.6) is 0 Å². The third-order valence-corrected chi connectivity index (χ3v) is 3.50. The quantitative estimate of drug-likeness (QED) is 0.686. The van der Waals surface area contributed by atoms with Gasteiger partial charge >= 0.3 is 0 Å².